The first-order valence-electron chi connectivity index (χ1n) is 8.79. The Morgan fingerprint density at radius 1 is 1.30 bits per heavy atom. The fraction of sp³-hybridized carbons (Fsp3) is 0.562. The lowest BCUT2D eigenvalue weighted by atomic mass is 10.2. The average molecular weight is 402 g/mol. The van der Waals surface area contributed by atoms with Gasteiger partial charge in [0.25, 0.3) is 0 Å². The average Bonchev–Trinajstić information content (AvgIpc) is 3.35. The molecule has 2 aromatic heterocycles. The van der Waals surface area contributed by atoms with Gasteiger partial charge < -0.3 is 4.90 Å². The van der Waals surface area contributed by atoms with Gasteiger partial charge in [-0.15, -0.1) is 0 Å². The largest absolute Gasteiger partial charge is 0.420 e. The number of aliphatic imine (C=N–C) groups is 1. The van der Waals surface area contributed by atoms with Crippen molar-refractivity contribution < 1.29 is 13.2 Å². The minimum Gasteiger partial charge on any atom is -0.342 e. The number of guanidine groups is 1. The fourth-order valence-electron chi connectivity index (χ4n) is 3.33. The molecular weight excluding hydrogens is 383 g/mol. The molecule has 1 atom stereocenters. The second-order valence-electron chi connectivity index (χ2n) is 6.72. The highest BCUT2D eigenvalue weighted by atomic mass is 35.5. The van der Waals surface area contributed by atoms with Crippen LogP contribution in [0.5, 0.6) is 0 Å². The number of nitrogens with zero attached hydrogens (tertiary/aromatic N) is 5. The number of hydrazine groups is 1. The summed E-state index contributed by atoms with van der Waals surface area (Å²) in [7, 11) is 0. The molecule has 1 unspecified atom stereocenters. The third kappa shape index (κ3) is 3.55. The molecule has 0 amide bonds. The summed E-state index contributed by atoms with van der Waals surface area (Å²) in [6.45, 7) is 3.58. The molecule has 2 aliphatic rings. The van der Waals surface area contributed by atoms with Crippen LogP contribution in [0.4, 0.5) is 13.2 Å². The molecule has 0 radical (unpaired) electrons. The van der Waals surface area contributed by atoms with Crippen LogP contribution in [0, 0.1) is 6.92 Å². The van der Waals surface area contributed by atoms with Crippen molar-refractivity contribution in [3.8, 4) is 0 Å². The highest BCUT2D eigenvalue weighted by Gasteiger charge is 2.35. The second kappa shape index (κ2) is 6.83. The Balaban J connectivity index is 1.52. The Kier molecular flexibility index (Phi) is 4.63. The molecule has 1 saturated heterocycles. The molecule has 2 aliphatic heterocycles. The van der Waals surface area contributed by atoms with Gasteiger partial charge in [0.1, 0.15) is 11.7 Å². The topological polar surface area (TPSA) is 69.8 Å². The van der Waals surface area contributed by atoms with Crippen molar-refractivity contribution in [2.75, 3.05) is 13.1 Å². The van der Waals surface area contributed by atoms with Gasteiger partial charge in [-0.3, -0.25) is 5.43 Å². The Morgan fingerprint density at radius 3 is 2.74 bits per heavy atom. The molecule has 27 heavy (non-hydrogen) atoms. The molecule has 146 valence electrons. The van der Waals surface area contributed by atoms with E-state index in [2.05, 4.69) is 30.8 Å². The van der Waals surface area contributed by atoms with Gasteiger partial charge in [0.05, 0.1) is 10.7 Å². The molecule has 2 aromatic rings. The van der Waals surface area contributed by atoms with Crippen LogP contribution >= 0.6 is 11.6 Å². The van der Waals surface area contributed by atoms with Crippen LogP contribution in [0.3, 0.4) is 0 Å². The lowest BCUT2D eigenvalue weighted by Crippen LogP contribution is -2.42. The summed E-state index contributed by atoms with van der Waals surface area (Å²) in [6, 6.07) is 0.903. The van der Waals surface area contributed by atoms with E-state index < -0.39 is 11.7 Å². The van der Waals surface area contributed by atoms with Crippen molar-refractivity contribution in [1.82, 2.24) is 30.3 Å². The summed E-state index contributed by atoms with van der Waals surface area (Å²) in [5, 5.41) is 4.23. The molecule has 4 heterocycles. The third-order valence-corrected chi connectivity index (χ3v) is 5.19. The summed E-state index contributed by atoms with van der Waals surface area (Å²) in [5.41, 5.74) is 5.47. The standard InChI is InChI=1S/C16H19ClF3N7/c1-9-11(17)8-10(16(18,19)20)14-21-13(25-27(9)14)5-4-12-22-15(24-23-12)26-6-2-3-7-26/h8,12,23H,2-7H2,1H3,(H,22,24). The molecule has 4 rings (SSSR count). The smallest absolute Gasteiger partial charge is 0.342 e. The number of aromatic nitrogens is 3. The van der Waals surface area contributed by atoms with Gasteiger partial charge in [0.15, 0.2) is 11.5 Å². The maximum Gasteiger partial charge on any atom is 0.420 e. The van der Waals surface area contributed by atoms with Crippen LogP contribution in [0.25, 0.3) is 5.65 Å². The SMILES string of the molecule is Cc1c(Cl)cc(C(F)(F)F)c2nc(CCC3N=C(N4CCCC4)NN3)nn12. The summed E-state index contributed by atoms with van der Waals surface area (Å²) < 4.78 is 41.0. The first-order valence-corrected chi connectivity index (χ1v) is 9.17. The van der Waals surface area contributed by atoms with Crippen LogP contribution in [-0.4, -0.2) is 44.7 Å². The van der Waals surface area contributed by atoms with Gasteiger partial charge in [-0.1, -0.05) is 11.6 Å². The first kappa shape index (κ1) is 18.3. The minimum absolute atomic E-state index is 0.00721. The summed E-state index contributed by atoms with van der Waals surface area (Å²) >= 11 is 5.94. The zero-order valence-corrected chi connectivity index (χ0v) is 15.4. The number of hydrogen-bond acceptors (Lipinski definition) is 6. The van der Waals surface area contributed by atoms with Gasteiger partial charge in [0.2, 0.25) is 5.96 Å². The van der Waals surface area contributed by atoms with Crippen molar-refractivity contribution in [1.29, 1.82) is 0 Å². The van der Waals surface area contributed by atoms with E-state index in [9.17, 15) is 13.2 Å². The lowest BCUT2D eigenvalue weighted by Gasteiger charge is -2.15. The van der Waals surface area contributed by atoms with Crippen LogP contribution in [0.15, 0.2) is 11.1 Å². The van der Waals surface area contributed by atoms with Crippen molar-refractivity contribution in [2.45, 2.75) is 44.9 Å². The molecule has 0 aromatic carbocycles. The number of rotatable bonds is 3. The maximum absolute atomic E-state index is 13.3. The highest BCUT2D eigenvalue weighted by Crippen LogP contribution is 2.34. The van der Waals surface area contributed by atoms with E-state index in [1.54, 1.807) is 6.92 Å². The van der Waals surface area contributed by atoms with E-state index in [-0.39, 0.29) is 16.8 Å². The van der Waals surface area contributed by atoms with E-state index in [0.717, 1.165) is 38.0 Å². The molecule has 0 spiro atoms. The number of alkyl halides is 3. The number of pyridine rings is 1. The molecule has 7 nitrogen and oxygen atoms in total. The molecule has 0 saturated carbocycles. The fourth-order valence-corrected chi connectivity index (χ4v) is 3.52. The van der Waals surface area contributed by atoms with E-state index in [0.29, 0.717) is 24.4 Å². The Morgan fingerprint density at radius 2 is 2.04 bits per heavy atom. The number of fused-ring (bicyclic) bond motifs is 1. The summed E-state index contributed by atoms with van der Waals surface area (Å²) in [4.78, 5) is 10.9. The third-order valence-electron chi connectivity index (χ3n) is 4.81. The lowest BCUT2D eigenvalue weighted by molar-refractivity contribution is -0.136. The van der Waals surface area contributed by atoms with Crippen molar-refractivity contribution in [3.63, 3.8) is 0 Å². The van der Waals surface area contributed by atoms with Crippen molar-refractivity contribution in [3.05, 3.63) is 28.2 Å². The van der Waals surface area contributed by atoms with Gasteiger partial charge in [-0.25, -0.2) is 19.9 Å². The van der Waals surface area contributed by atoms with Gasteiger partial charge in [-0.2, -0.15) is 18.3 Å². The molecule has 0 bridgehead atoms. The molecule has 0 aliphatic carbocycles. The van der Waals surface area contributed by atoms with Crippen LogP contribution in [0.1, 0.15) is 36.3 Å². The zero-order chi connectivity index (χ0) is 19.2. The number of nitrogens with one attached hydrogen (secondary N) is 2. The predicted octanol–water partition coefficient (Wildman–Crippen LogP) is 2.53. The quantitative estimate of drug-likeness (QED) is 0.827. The number of likely N-dealkylation sites (tertiary alicyclic amines) is 1. The summed E-state index contributed by atoms with van der Waals surface area (Å²) in [5.74, 6) is 1.15. The zero-order valence-electron chi connectivity index (χ0n) is 14.6. The molecule has 1 fully saturated rings. The van der Waals surface area contributed by atoms with E-state index >= 15 is 0 Å². The van der Waals surface area contributed by atoms with E-state index in [4.69, 9.17) is 11.6 Å². The van der Waals surface area contributed by atoms with Crippen molar-refractivity contribution >= 4 is 23.2 Å². The molecular formula is C16H19ClF3N7. The van der Waals surface area contributed by atoms with E-state index in [1.807, 2.05) is 0 Å². The minimum atomic E-state index is -4.55. The van der Waals surface area contributed by atoms with Gasteiger partial charge >= 0.3 is 6.18 Å². The Labute approximate surface area is 158 Å². The van der Waals surface area contributed by atoms with Gasteiger partial charge in [0, 0.05) is 19.5 Å². The molecule has 2 N–H and O–H groups in total. The maximum atomic E-state index is 13.3. The van der Waals surface area contributed by atoms with Crippen LogP contribution in [-0.2, 0) is 12.6 Å². The number of aryl methyl sites for hydroxylation is 2. The first-order chi connectivity index (χ1) is 12.8. The Hall–Kier alpha value is -2.07. The van der Waals surface area contributed by atoms with Crippen LogP contribution in [0.2, 0.25) is 5.02 Å². The monoisotopic (exact) mass is 401 g/mol. The second-order valence-corrected chi connectivity index (χ2v) is 7.13. The molecule has 11 heteroatoms. The Bertz CT molecular complexity index is 886. The highest BCUT2D eigenvalue weighted by molar-refractivity contribution is 6.31. The van der Waals surface area contributed by atoms with Gasteiger partial charge in [-0.05, 0) is 32.3 Å². The van der Waals surface area contributed by atoms with E-state index in [1.165, 1.54) is 4.52 Å². The summed E-state index contributed by atoms with van der Waals surface area (Å²) in [6.07, 6.45) is -1.45. The normalized spacial score (nSPS) is 20.4. The van der Waals surface area contributed by atoms with Crippen molar-refractivity contribution in [2.24, 2.45) is 4.99 Å². The number of halogens is 4. The number of hydrogen-bond donors (Lipinski definition) is 2. The predicted molar refractivity (Wildman–Crippen MR) is 94.4 cm³/mol. The van der Waals surface area contributed by atoms with Crippen LogP contribution < -0.4 is 10.9 Å².